The Hall–Kier alpha value is -4.47. The van der Waals surface area contributed by atoms with Crippen LogP contribution in [0.15, 0.2) is 47.1 Å². The lowest BCUT2D eigenvalue weighted by Gasteiger charge is -2.11. The van der Waals surface area contributed by atoms with E-state index in [0.29, 0.717) is 33.7 Å². The van der Waals surface area contributed by atoms with Crippen LogP contribution in [-0.2, 0) is 16.5 Å². The summed E-state index contributed by atoms with van der Waals surface area (Å²) < 4.78 is 16.5. The van der Waals surface area contributed by atoms with E-state index < -0.39 is 17.8 Å². The van der Waals surface area contributed by atoms with Crippen LogP contribution >= 0.6 is 0 Å². The molecule has 0 aliphatic rings. The zero-order valence-electron chi connectivity index (χ0n) is 18.3. The van der Waals surface area contributed by atoms with Gasteiger partial charge in [-0.2, -0.15) is 5.10 Å². The first-order chi connectivity index (χ1) is 15.8. The standard InChI is InChI=1S/C23H20N4O6/c1-12-19-16(11-17(18-6-5-7-33-18)25-20(19)27(2)26-12)21(28)24-15-9-13(22(29)31-3)8-14(10-15)23(30)32-4/h5-11H,1-4H3,(H,24,28). The van der Waals surface area contributed by atoms with Crippen molar-refractivity contribution in [2.24, 2.45) is 7.05 Å². The van der Waals surface area contributed by atoms with Crippen LogP contribution < -0.4 is 5.32 Å². The normalized spacial score (nSPS) is 10.8. The lowest BCUT2D eigenvalue weighted by molar-refractivity contribution is 0.0599. The fraction of sp³-hybridized carbons (Fsp3) is 0.174. The molecule has 1 N–H and O–H groups in total. The molecule has 3 aromatic heterocycles. The summed E-state index contributed by atoms with van der Waals surface area (Å²) in [4.78, 5) is 42.1. The number of carbonyl (C=O) groups is 3. The van der Waals surface area contributed by atoms with Crippen molar-refractivity contribution in [3.63, 3.8) is 0 Å². The fourth-order valence-corrected chi connectivity index (χ4v) is 3.54. The van der Waals surface area contributed by atoms with Crippen LogP contribution in [0.1, 0.15) is 36.8 Å². The molecule has 0 spiro atoms. The van der Waals surface area contributed by atoms with Gasteiger partial charge in [-0.3, -0.25) is 9.48 Å². The van der Waals surface area contributed by atoms with Crippen molar-refractivity contribution >= 4 is 34.6 Å². The van der Waals surface area contributed by atoms with E-state index in [0.717, 1.165) is 0 Å². The molecular weight excluding hydrogens is 428 g/mol. The highest BCUT2D eigenvalue weighted by Gasteiger charge is 2.21. The first kappa shape index (κ1) is 21.8. The Morgan fingerprint density at radius 3 is 2.27 bits per heavy atom. The summed E-state index contributed by atoms with van der Waals surface area (Å²) in [7, 11) is 4.18. The third-order valence-electron chi connectivity index (χ3n) is 5.02. The first-order valence-corrected chi connectivity index (χ1v) is 9.83. The monoisotopic (exact) mass is 448 g/mol. The topological polar surface area (TPSA) is 126 Å². The summed E-state index contributed by atoms with van der Waals surface area (Å²) in [6.45, 7) is 1.78. The lowest BCUT2D eigenvalue weighted by atomic mass is 10.1. The number of aryl methyl sites for hydroxylation is 2. The van der Waals surface area contributed by atoms with Crippen molar-refractivity contribution in [1.82, 2.24) is 14.8 Å². The molecule has 10 nitrogen and oxygen atoms in total. The van der Waals surface area contributed by atoms with Crippen LogP contribution in [0.25, 0.3) is 22.5 Å². The van der Waals surface area contributed by atoms with Gasteiger partial charge in [-0.1, -0.05) is 0 Å². The third kappa shape index (κ3) is 4.05. The van der Waals surface area contributed by atoms with Gasteiger partial charge in [-0.25, -0.2) is 14.6 Å². The molecule has 4 rings (SSSR count). The number of anilines is 1. The number of hydrogen-bond acceptors (Lipinski definition) is 8. The van der Waals surface area contributed by atoms with Crippen molar-refractivity contribution in [3.8, 4) is 11.5 Å². The Morgan fingerprint density at radius 2 is 1.70 bits per heavy atom. The minimum absolute atomic E-state index is 0.0874. The largest absolute Gasteiger partial charge is 0.465 e. The highest BCUT2D eigenvalue weighted by Crippen LogP contribution is 2.28. The molecule has 1 aromatic carbocycles. The summed E-state index contributed by atoms with van der Waals surface area (Å²) in [6.07, 6.45) is 1.52. The van der Waals surface area contributed by atoms with Crippen molar-refractivity contribution in [3.05, 3.63) is 65.0 Å². The minimum atomic E-state index is -0.661. The summed E-state index contributed by atoms with van der Waals surface area (Å²) in [6, 6.07) is 9.23. The summed E-state index contributed by atoms with van der Waals surface area (Å²) >= 11 is 0. The summed E-state index contributed by atoms with van der Waals surface area (Å²) in [5.41, 5.74) is 2.28. The molecule has 0 unspecified atom stereocenters. The molecule has 168 valence electrons. The number of nitrogens with one attached hydrogen (secondary N) is 1. The molecule has 0 fully saturated rings. The van der Waals surface area contributed by atoms with Crippen LogP contribution in [0.2, 0.25) is 0 Å². The lowest BCUT2D eigenvalue weighted by Crippen LogP contribution is -2.15. The quantitative estimate of drug-likeness (QED) is 0.461. The van der Waals surface area contributed by atoms with Gasteiger partial charge in [0, 0.05) is 12.7 Å². The maximum absolute atomic E-state index is 13.4. The van der Waals surface area contributed by atoms with Crippen molar-refractivity contribution in [2.75, 3.05) is 19.5 Å². The van der Waals surface area contributed by atoms with E-state index >= 15 is 0 Å². The van der Waals surface area contributed by atoms with E-state index in [1.807, 2.05) is 0 Å². The highest BCUT2D eigenvalue weighted by atomic mass is 16.5. The maximum Gasteiger partial charge on any atom is 0.337 e. The predicted octanol–water partition coefficient (Wildman–Crippen LogP) is 3.36. The van der Waals surface area contributed by atoms with Crippen LogP contribution in [0.3, 0.4) is 0 Å². The second-order valence-electron chi connectivity index (χ2n) is 7.18. The SMILES string of the molecule is COC(=O)c1cc(NC(=O)c2cc(-c3ccco3)nc3c2c(C)nn3C)cc(C(=O)OC)c1. The van der Waals surface area contributed by atoms with E-state index in [-0.39, 0.29) is 16.8 Å². The van der Waals surface area contributed by atoms with Gasteiger partial charge in [-0.05, 0) is 43.3 Å². The number of ether oxygens (including phenoxy) is 2. The van der Waals surface area contributed by atoms with E-state index in [1.165, 1.54) is 38.7 Å². The van der Waals surface area contributed by atoms with Gasteiger partial charge in [-0.15, -0.1) is 0 Å². The molecule has 1 amide bonds. The molecule has 10 heteroatoms. The highest BCUT2D eigenvalue weighted by molar-refractivity contribution is 6.13. The average Bonchev–Trinajstić information content (AvgIpc) is 3.45. The third-order valence-corrected chi connectivity index (χ3v) is 5.02. The summed E-state index contributed by atoms with van der Waals surface area (Å²) in [5, 5.41) is 7.70. The van der Waals surface area contributed by atoms with Crippen LogP contribution in [0, 0.1) is 6.92 Å². The molecule has 0 bridgehead atoms. The smallest absolute Gasteiger partial charge is 0.337 e. The number of carbonyl (C=O) groups excluding carboxylic acids is 3. The number of aromatic nitrogens is 3. The van der Waals surface area contributed by atoms with Gasteiger partial charge in [0.1, 0.15) is 5.69 Å². The molecule has 0 saturated heterocycles. The fourth-order valence-electron chi connectivity index (χ4n) is 3.54. The van der Waals surface area contributed by atoms with Gasteiger partial charge in [0.2, 0.25) is 0 Å². The van der Waals surface area contributed by atoms with E-state index in [2.05, 4.69) is 15.4 Å². The number of amides is 1. The maximum atomic E-state index is 13.4. The molecule has 3 heterocycles. The predicted molar refractivity (Wildman–Crippen MR) is 118 cm³/mol. The zero-order chi connectivity index (χ0) is 23.7. The first-order valence-electron chi connectivity index (χ1n) is 9.83. The molecule has 0 atom stereocenters. The van der Waals surface area contributed by atoms with E-state index in [9.17, 15) is 14.4 Å². The van der Waals surface area contributed by atoms with Crippen LogP contribution in [0.4, 0.5) is 5.69 Å². The van der Waals surface area contributed by atoms with E-state index in [1.54, 1.807) is 36.9 Å². The number of pyridine rings is 1. The molecule has 0 radical (unpaired) electrons. The number of methoxy groups -OCH3 is 2. The minimum Gasteiger partial charge on any atom is -0.465 e. The van der Waals surface area contributed by atoms with Gasteiger partial charge in [0.05, 0.1) is 48.3 Å². The molecule has 0 aliphatic heterocycles. The number of furan rings is 1. The van der Waals surface area contributed by atoms with E-state index in [4.69, 9.17) is 13.9 Å². The number of rotatable bonds is 5. The molecule has 4 aromatic rings. The van der Waals surface area contributed by atoms with Gasteiger partial charge in [0.25, 0.3) is 5.91 Å². The van der Waals surface area contributed by atoms with Crippen molar-refractivity contribution in [1.29, 1.82) is 0 Å². The Morgan fingerprint density at radius 1 is 1.03 bits per heavy atom. The Kier molecular flexibility index (Phi) is 5.65. The molecular formula is C23H20N4O6. The van der Waals surface area contributed by atoms with Crippen LogP contribution in [0.5, 0.6) is 0 Å². The molecule has 33 heavy (non-hydrogen) atoms. The molecule has 0 aliphatic carbocycles. The number of benzene rings is 1. The number of esters is 2. The Labute approximate surface area is 188 Å². The van der Waals surface area contributed by atoms with Gasteiger partial charge in [0.15, 0.2) is 11.4 Å². The number of fused-ring (bicyclic) bond motifs is 1. The molecule has 0 saturated carbocycles. The summed E-state index contributed by atoms with van der Waals surface area (Å²) in [5.74, 6) is -1.31. The second-order valence-corrected chi connectivity index (χ2v) is 7.18. The number of hydrogen-bond donors (Lipinski definition) is 1. The Balaban J connectivity index is 1.81. The average molecular weight is 448 g/mol. The van der Waals surface area contributed by atoms with Crippen molar-refractivity contribution < 1.29 is 28.3 Å². The van der Waals surface area contributed by atoms with Crippen molar-refractivity contribution in [2.45, 2.75) is 6.92 Å². The van der Waals surface area contributed by atoms with Crippen LogP contribution in [-0.4, -0.2) is 46.8 Å². The Bertz CT molecular complexity index is 1350. The number of nitrogens with zero attached hydrogens (tertiary/aromatic N) is 3. The van der Waals surface area contributed by atoms with Gasteiger partial charge < -0.3 is 19.2 Å². The van der Waals surface area contributed by atoms with Gasteiger partial charge >= 0.3 is 11.9 Å². The zero-order valence-corrected chi connectivity index (χ0v) is 18.3. The second kappa shape index (κ2) is 8.58.